The van der Waals surface area contributed by atoms with E-state index >= 15 is 0 Å². The molecule has 0 aliphatic heterocycles. The van der Waals surface area contributed by atoms with E-state index in [4.69, 9.17) is 20.4 Å². The van der Waals surface area contributed by atoms with Crippen LogP contribution < -0.4 is 29.6 Å². The minimum Gasteiger partial charge on any atom is -1.00 e. The summed E-state index contributed by atoms with van der Waals surface area (Å²) >= 11 is 0. The molecule has 0 aromatic carbocycles. The summed E-state index contributed by atoms with van der Waals surface area (Å²) in [5.41, 5.74) is -3.33. The van der Waals surface area contributed by atoms with Crippen LogP contribution in [0, 0.1) is 5.41 Å². The fourth-order valence-corrected chi connectivity index (χ4v) is 0.728. The molecule has 0 saturated carbocycles. The minimum absolute atomic E-state index is 0. The molecule has 0 aliphatic rings. The molecule has 0 amide bonds. The van der Waals surface area contributed by atoms with Gasteiger partial charge in [-0.25, -0.2) is 0 Å². The fraction of sp³-hybridized carbons (Fsp3) is 0.333. The van der Waals surface area contributed by atoms with Crippen LogP contribution in [0.5, 0.6) is 0 Å². The number of hydrogen-bond acceptors (Lipinski definition) is 4. The van der Waals surface area contributed by atoms with Crippen LogP contribution >= 0.6 is 0 Å². The Hall–Kier alpha value is -1.12. The maximum Gasteiger partial charge on any atom is 1.00 e. The van der Waals surface area contributed by atoms with Gasteiger partial charge in [-0.1, -0.05) is 0 Å². The second kappa shape index (κ2) is 5.69. The summed E-state index contributed by atoms with van der Waals surface area (Å²) < 4.78 is 0. The predicted octanol–water partition coefficient (Wildman–Crippen LogP) is -4.18. The Balaban J connectivity index is -0.000000845. The van der Waals surface area contributed by atoms with Crippen molar-refractivity contribution in [2.45, 2.75) is 6.42 Å². The molecule has 0 saturated heterocycles. The third-order valence-corrected chi connectivity index (χ3v) is 1.51. The van der Waals surface area contributed by atoms with E-state index in [1.54, 1.807) is 0 Å². The zero-order valence-electron chi connectivity index (χ0n) is 8.63. The molecule has 8 nitrogen and oxygen atoms in total. The van der Waals surface area contributed by atoms with Gasteiger partial charge in [0.1, 0.15) is 0 Å². The summed E-state index contributed by atoms with van der Waals surface area (Å²) in [5, 5.41) is 33.4. The van der Waals surface area contributed by atoms with Crippen molar-refractivity contribution in [3.8, 4) is 0 Å². The molecule has 80 valence electrons. The Bertz CT molecular complexity index is 278. The Morgan fingerprint density at radius 1 is 0.867 bits per heavy atom. The summed E-state index contributed by atoms with van der Waals surface area (Å²) in [5.74, 6) is -8.49. The van der Waals surface area contributed by atoms with Crippen molar-refractivity contribution in [2.24, 2.45) is 5.41 Å². The van der Waals surface area contributed by atoms with Gasteiger partial charge in [0.05, 0.1) is 6.42 Å². The molecule has 0 unspecified atom stereocenters. The zero-order valence-corrected chi connectivity index (χ0v) is 9.63. The molecule has 0 aromatic heterocycles. The first-order valence-electron chi connectivity index (χ1n) is 3.17. The standard InChI is InChI=1S/C6H6O8.Na.H/c7-2(8)1-6(3(9)10,4(11)12)5(13)14;;/h1H2,(H,7,8)(H,9,10)(H,11,12)(H,13,14);;/q;+1;-1. The molecule has 0 aromatic rings. The van der Waals surface area contributed by atoms with E-state index in [2.05, 4.69) is 0 Å². The summed E-state index contributed by atoms with van der Waals surface area (Å²) in [4.78, 5) is 41.4. The summed E-state index contributed by atoms with van der Waals surface area (Å²) in [6.45, 7) is 0. The van der Waals surface area contributed by atoms with Crippen molar-refractivity contribution >= 4 is 23.9 Å². The number of aliphatic carboxylic acids is 4. The largest absolute Gasteiger partial charge is 1.00 e. The average molecular weight is 230 g/mol. The smallest absolute Gasteiger partial charge is 1.00 e. The number of hydrogen-bond donors (Lipinski definition) is 4. The Morgan fingerprint density at radius 2 is 1.13 bits per heavy atom. The van der Waals surface area contributed by atoms with Gasteiger partial charge in [0, 0.05) is 0 Å². The van der Waals surface area contributed by atoms with Crippen LogP contribution in [-0.4, -0.2) is 44.3 Å². The van der Waals surface area contributed by atoms with Crippen LogP contribution in [0.3, 0.4) is 0 Å². The molecule has 9 heteroatoms. The number of rotatable bonds is 5. The van der Waals surface area contributed by atoms with Gasteiger partial charge < -0.3 is 21.9 Å². The molecular formula is C6H7NaO8. The minimum atomic E-state index is -3.33. The van der Waals surface area contributed by atoms with Gasteiger partial charge in [-0.3, -0.25) is 19.2 Å². The van der Waals surface area contributed by atoms with E-state index in [1.165, 1.54) is 0 Å². The number of carboxylic acid groups (broad SMARTS) is 4. The van der Waals surface area contributed by atoms with Gasteiger partial charge in [-0.2, -0.15) is 0 Å². The Labute approximate surface area is 106 Å². The molecule has 15 heavy (non-hydrogen) atoms. The van der Waals surface area contributed by atoms with Crippen molar-refractivity contribution in [3.63, 3.8) is 0 Å². The average Bonchev–Trinajstić information content (AvgIpc) is 1.97. The van der Waals surface area contributed by atoms with Gasteiger partial charge in [-0.15, -0.1) is 0 Å². The third-order valence-electron chi connectivity index (χ3n) is 1.51. The topological polar surface area (TPSA) is 149 Å². The predicted molar refractivity (Wildman–Crippen MR) is 38.7 cm³/mol. The molecule has 4 N–H and O–H groups in total. The number of carboxylic acids is 4. The molecule has 0 aliphatic carbocycles. The third kappa shape index (κ3) is 3.18. The first-order valence-corrected chi connectivity index (χ1v) is 3.17. The second-order valence-corrected chi connectivity index (χ2v) is 2.39. The maximum atomic E-state index is 10.4. The monoisotopic (exact) mass is 230 g/mol. The van der Waals surface area contributed by atoms with Gasteiger partial charge in [0.2, 0.25) is 0 Å². The Morgan fingerprint density at radius 3 is 1.20 bits per heavy atom. The van der Waals surface area contributed by atoms with Crippen LogP contribution in [0.1, 0.15) is 7.85 Å². The van der Waals surface area contributed by atoms with Crippen LogP contribution in [-0.2, 0) is 19.2 Å². The molecule has 0 fully saturated rings. The quantitative estimate of drug-likeness (QED) is 0.274. The van der Waals surface area contributed by atoms with E-state index < -0.39 is 35.7 Å². The normalized spacial score (nSPS) is 9.87. The second-order valence-electron chi connectivity index (χ2n) is 2.39. The van der Waals surface area contributed by atoms with E-state index in [0.29, 0.717) is 0 Å². The summed E-state index contributed by atoms with van der Waals surface area (Å²) in [7, 11) is 0. The first kappa shape index (κ1) is 16.3. The molecular weight excluding hydrogens is 223 g/mol. The Kier molecular flexibility index (Phi) is 6.18. The summed E-state index contributed by atoms with van der Waals surface area (Å²) in [6, 6.07) is 0. The molecule has 0 rings (SSSR count). The van der Waals surface area contributed by atoms with Gasteiger partial charge in [0.25, 0.3) is 5.41 Å². The van der Waals surface area contributed by atoms with Crippen molar-refractivity contribution in [2.75, 3.05) is 0 Å². The van der Waals surface area contributed by atoms with Crippen LogP contribution in [0.2, 0.25) is 0 Å². The van der Waals surface area contributed by atoms with E-state index in [0.717, 1.165) is 0 Å². The zero-order chi connectivity index (χ0) is 11.5. The van der Waals surface area contributed by atoms with E-state index in [1.807, 2.05) is 0 Å². The summed E-state index contributed by atoms with van der Waals surface area (Å²) in [6.07, 6.45) is -1.52. The SMILES string of the molecule is O=C(O)CC(C(=O)O)(C(=O)O)C(=O)O.[H-].[Na+]. The van der Waals surface area contributed by atoms with Crippen molar-refractivity contribution in [1.29, 1.82) is 0 Å². The number of carbonyl (C=O) groups is 4. The van der Waals surface area contributed by atoms with Crippen LogP contribution in [0.4, 0.5) is 0 Å². The van der Waals surface area contributed by atoms with Gasteiger partial charge >= 0.3 is 53.4 Å². The molecule has 0 spiro atoms. The van der Waals surface area contributed by atoms with Gasteiger partial charge in [0.15, 0.2) is 0 Å². The fourth-order valence-electron chi connectivity index (χ4n) is 0.728. The van der Waals surface area contributed by atoms with E-state index in [9.17, 15) is 19.2 Å². The van der Waals surface area contributed by atoms with E-state index in [-0.39, 0.29) is 31.0 Å². The molecule has 0 atom stereocenters. The molecule has 0 radical (unpaired) electrons. The first-order chi connectivity index (χ1) is 6.25. The van der Waals surface area contributed by atoms with Crippen molar-refractivity contribution in [1.82, 2.24) is 0 Å². The van der Waals surface area contributed by atoms with Crippen LogP contribution in [0.15, 0.2) is 0 Å². The van der Waals surface area contributed by atoms with Crippen LogP contribution in [0.25, 0.3) is 0 Å². The van der Waals surface area contributed by atoms with Crippen molar-refractivity contribution < 1.29 is 70.6 Å². The molecule has 0 heterocycles. The molecule has 0 bridgehead atoms. The van der Waals surface area contributed by atoms with Crippen molar-refractivity contribution in [3.05, 3.63) is 0 Å². The van der Waals surface area contributed by atoms with Gasteiger partial charge in [-0.05, 0) is 0 Å². The maximum absolute atomic E-state index is 10.4.